The van der Waals surface area contributed by atoms with E-state index < -0.39 is 0 Å². The molecule has 1 amide bonds. The van der Waals surface area contributed by atoms with Crippen LogP contribution in [-0.2, 0) is 4.79 Å². The quantitative estimate of drug-likeness (QED) is 0.642. The molecule has 0 radical (unpaired) electrons. The Bertz CT molecular complexity index is 749. The molecule has 0 bridgehead atoms. The summed E-state index contributed by atoms with van der Waals surface area (Å²) in [7, 11) is 0. The van der Waals surface area contributed by atoms with Gasteiger partial charge in [0.25, 0.3) is 0 Å². The molecule has 1 aliphatic heterocycles. The number of amides is 1. The predicted octanol–water partition coefficient (Wildman–Crippen LogP) is 2.55. The molecule has 1 fully saturated rings. The number of halogens is 1. The van der Waals surface area contributed by atoms with Crippen molar-refractivity contribution in [2.45, 2.75) is 0 Å². The van der Waals surface area contributed by atoms with Crippen molar-refractivity contribution in [3.63, 3.8) is 0 Å². The molecule has 0 aliphatic carbocycles. The van der Waals surface area contributed by atoms with Crippen LogP contribution in [0.3, 0.4) is 0 Å². The predicted molar refractivity (Wildman–Crippen MR) is 89.2 cm³/mol. The van der Waals surface area contributed by atoms with Crippen LogP contribution in [-0.4, -0.2) is 42.5 Å². The first-order chi connectivity index (χ1) is 11.2. The number of rotatable bonds is 3. The summed E-state index contributed by atoms with van der Waals surface area (Å²) < 4.78 is 0. The van der Waals surface area contributed by atoms with E-state index in [0.29, 0.717) is 31.7 Å². The van der Waals surface area contributed by atoms with Gasteiger partial charge in [0.2, 0.25) is 6.41 Å². The van der Waals surface area contributed by atoms with Gasteiger partial charge in [-0.1, -0.05) is 41.9 Å². The Labute approximate surface area is 139 Å². The van der Waals surface area contributed by atoms with Gasteiger partial charge in [-0.3, -0.25) is 4.79 Å². The van der Waals surface area contributed by atoms with Crippen LogP contribution in [0.1, 0.15) is 5.56 Å². The van der Waals surface area contributed by atoms with Gasteiger partial charge in [-0.05, 0) is 11.6 Å². The van der Waals surface area contributed by atoms with E-state index in [2.05, 4.69) is 16.0 Å². The van der Waals surface area contributed by atoms with Gasteiger partial charge in [0.05, 0.1) is 5.56 Å². The fourth-order valence-corrected chi connectivity index (χ4v) is 2.90. The van der Waals surface area contributed by atoms with Gasteiger partial charge in [0.1, 0.15) is 17.0 Å². The molecule has 0 unspecified atom stereocenters. The molecule has 1 aromatic heterocycles. The highest BCUT2D eigenvalue weighted by atomic mass is 35.5. The number of nitrogens with zero attached hydrogens (tertiary/aromatic N) is 4. The SMILES string of the molecule is N#Cc1c(-c2ccccc2)cc(N2CCN(C=O)CC2)nc1Cl. The third-order valence-corrected chi connectivity index (χ3v) is 4.22. The highest BCUT2D eigenvalue weighted by molar-refractivity contribution is 6.31. The van der Waals surface area contributed by atoms with Crippen molar-refractivity contribution >= 4 is 23.8 Å². The number of carbonyl (C=O) groups excluding carboxylic acids is 1. The van der Waals surface area contributed by atoms with Crippen molar-refractivity contribution in [2.75, 3.05) is 31.1 Å². The molecule has 23 heavy (non-hydrogen) atoms. The zero-order valence-electron chi connectivity index (χ0n) is 12.4. The lowest BCUT2D eigenvalue weighted by Gasteiger charge is -2.33. The first kappa shape index (κ1) is 15.3. The standard InChI is InChI=1S/C17H15ClN4O/c18-17-15(11-19)14(13-4-2-1-3-5-13)10-16(20-17)22-8-6-21(12-23)7-9-22/h1-5,10,12H,6-9H2. The maximum atomic E-state index is 10.8. The van der Waals surface area contributed by atoms with Crippen LogP contribution in [0.15, 0.2) is 36.4 Å². The molecular formula is C17H15ClN4O. The van der Waals surface area contributed by atoms with Crippen LogP contribution >= 0.6 is 11.6 Å². The number of anilines is 1. The van der Waals surface area contributed by atoms with E-state index in [-0.39, 0.29) is 5.15 Å². The number of hydrogen-bond acceptors (Lipinski definition) is 4. The molecule has 5 nitrogen and oxygen atoms in total. The first-order valence-electron chi connectivity index (χ1n) is 7.33. The van der Waals surface area contributed by atoms with Gasteiger partial charge < -0.3 is 9.80 Å². The number of hydrogen-bond donors (Lipinski definition) is 0. The monoisotopic (exact) mass is 326 g/mol. The van der Waals surface area contributed by atoms with Crippen LogP contribution in [0.4, 0.5) is 5.82 Å². The fourth-order valence-electron chi connectivity index (χ4n) is 2.67. The van der Waals surface area contributed by atoms with Crippen molar-refractivity contribution in [1.82, 2.24) is 9.88 Å². The fraction of sp³-hybridized carbons (Fsp3) is 0.235. The average Bonchev–Trinajstić information content (AvgIpc) is 2.62. The molecule has 1 aromatic carbocycles. The van der Waals surface area contributed by atoms with E-state index in [4.69, 9.17) is 11.6 Å². The maximum Gasteiger partial charge on any atom is 0.209 e. The second-order valence-electron chi connectivity index (χ2n) is 5.30. The molecule has 2 heterocycles. The molecule has 3 rings (SSSR count). The van der Waals surface area contributed by atoms with Crippen molar-refractivity contribution in [3.05, 3.63) is 47.1 Å². The lowest BCUT2D eigenvalue weighted by molar-refractivity contribution is -0.118. The third-order valence-electron chi connectivity index (χ3n) is 3.95. The molecule has 0 N–H and O–H groups in total. The van der Waals surface area contributed by atoms with E-state index in [1.807, 2.05) is 36.4 Å². The molecule has 1 saturated heterocycles. The van der Waals surface area contributed by atoms with Gasteiger partial charge >= 0.3 is 0 Å². The summed E-state index contributed by atoms with van der Waals surface area (Å²) in [5.41, 5.74) is 2.09. The molecular weight excluding hydrogens is 312 g/mol. The van der Waals surface area contributed by atoms with Crippen molar-refractivity contribution in [1.29, 1.82) is 5.26 Å². The molecule has 6 heteroatoms. The summed E-state index contributed by atoms with van der Waals surface area (Å²) in [4.78, 5) is 19.0. The van der Waals surface area contributed by atoms with Gasteiger partial charge in [-0.15, -0.1) is 0 Å². The largest absolute Gasteiger partial charge is 0.353 e. The second-order valence-corrected chi connectivity index (χ2v) is 5.66. The number of nitriles is 1. The Kier molecular flexibility index (Phi) is 4.45. The van der Waals surface area contributed by atoms with E-state index in [1.54, 1.807) is 4.90 Å². The normalized spacial score (nSPS) is 14.4. The summed E-state index contributed by atoms with van der Waals surface area (Å²) in [5, 5.41) is 9.60. The number of aromatic nitrogens is 1. The van der Waals surface area contributed by atoms with E-state index in [0.717, 1.165) is 23.4 Å². The minimum absolute atomic E-state index is 0.210. The molecule has 116 valence electrons. The summed E-state index contributed by atoms with van der Waals surface area (Å²) >= 11 is 6.23. The molecule has 0 spiro atoms. The lowest BCUT2D eigenvalue weighted by Crippen LogP contribution is -2.46. The Morgan fingerprint density at radius 2 is 1.87 bits per heavy atom. The number of carbonyl (C=O) groups is 1. The topological polar surface area (TPSA) is 60.2 Å². The van der Waals surface area contributed by atoms with Gasteiger partial charge in [0.15, 0.2) is 0 Å². The van der Waals surface area contributed by atoms with Crippen LogP contribution in [0.25, 0.3) is 11.1 Å². The zero-order chi connectivity index (χ0) is 16.2. The van der Waals surface area contributed by atoms with Crippen LogP contribution < -0.4 is 4.90 Å². The summed E-state index contributed by atoms with van der Waals surface area (Å²) in [6.45, 7) is 2.71. The Morgan fingerprint density at radius 3 is 2.48 bits per heavy atom. The van der Waals surface area contributed by atoms with Crippen molar-refractivity contribution in [2.24, 2.45) is 0 Å². The van der Waals surface area contributed by atoms with Crippen LogP contribution in [0, 0.1) is 11.3 Å². The smallest absolute Gasteiger partial charge is 0.209 e. The van der Waals surface area contributed by atoms with Gasteiger partial charge in [-0.2, -0.15) is 5.26 Å². The number of pyridine rings is 1. The lowest BCUT2D eigenvalue weighted by atomic mass is 10.0. The Balaban J connectivity index is 1.99. The summed E-state index contributed by atoms with van der Waals surface area (Å²) in [6.07, 6.45) is 0.867. The average molecular weight is 327 g/mol. The first-order valence-corrected chi connectivity index (χ1v) is 7.71. The molecule has 2 aromatic rings. The highest BCUT2D eigenvalue weighted by Crippen LogP contribution is 2.31. The summed E-state index contributed by atoms with van der Waals surface area (Å²) in [6, 6.07) is 13.7. The summed E-state index contributed by atoms with van der Waals surface area (Å²) in [5.74, 6) is 0.735. The van der Waals surface area contributed by atoms with Crippen molar-refractivity contribution in [3.8, 4) is 17.2 Å². The van der Waals surface area contributed by atoms with Crippen LogP contribution in [0.5, 0.6) is 0 Å². The minimum atomic E-state index is 0.210. The molecule has 1 aliphatic rings. The van der Waals surface area contributed by atoms with E-state index >= 15 is 0 Å². The number of benzene rings is 1. The minimum Gasteiger partial charge on any atom is -0.353 e. The molecule has 0 atom stereocenters. The van der Waals surface area contributed by atoms with E-state index in [1.165, 1.54) is 0 Å². The van der Waals surface area contributed by atoms with Gasteiger partial charge in [0, 0.05) is 31.7 Å². The zero-order valence-corrected chi connectivity index (χ0v) is 13.2. The maximum absolute atomic E-state index is 10.8. The van der Waals surface area contributed by atoms with Gasteiger partial charge in [-0.25, -0.2) is 4.98 Å². The Morgan fingerprint density at radius 1 is 1.17 bits per heavy atom. The third kappa shape index (κ3) is 3.13. The Hall–Kier alpha value is -2.58. The van der Waals surface area contributed by atoms with E-state index in [9.17, 15) is 10.1 Å². The highest BCUT2D eigenvalue weighted by Gasteiger charge is 2.20. The molecule has 0 saturated carbocycles. The van der Waals surface area contributed by atoms with Crippen molar-refractivity contribution < 1.29 is 4.79 Å². The van der Waals surface area contributed by atoms with Crippen LogP contribution in [0.2, 0.25) is 5.15 Å². The number of piperazine rings is 1. The second kappa shape index (κ2) is 6.67.